The van der Waals surface area contributed by atoms with Gasteiger partial charge < -0.3 is 19.6 Å². The number of anilines is 2. The van der Waals surface area contributed by atoms with Crippen molar-refractivity contribution >= 4 is 39.2 Å². The first-order valence-corrected chi connectivity index (χ1v) is 11.8. The summed E-state index contributed by atoms with van der Waals surface area (Å²) in [5.74, 6) is -0.0125. The smallest absolute Gasteiger partial charge is 0.277 e. The maximum Gasteiger partial charge on any atom is 0.277 e. The molecule has 1 amide bonds. The molecule has 0 aliphatic carbocycles. The molecule has 0 spiro atoms. The molecule has 0 atom stereocenters. The summed E-state index contributed by atoms with van der Waals surface area (Å²) in [5.41, 5.74) is 2.46. The van der Waals surface area contributed by atoms with Gasteiger partial charge in [0, 0.05) is 37.4 Å². The first kappa shape index (κ1) is 23.8. The summed E-state index contributed by atoms with van der Waals surface area (Å²) in [6, 6.07) is 5.71. The lowest BCUT2D eigenvalue weighted by Gasteiger charge is -2.28. The summed E-state index contributed by atoms with van der Waals surface area (Å²) >= 11 is 1.52. The quantitative estimate of drug-likeness (QED) is 0.262. The van der Waals surface area contributed by atoms with Crippen LogP contribution in [0.3, 0.4) is 0 Å². The van der Waals surface area contributed by atoms with Gasteiger partial charge in [-0.15, -0.1) is 11.3 Å². The number of nitrogens with one attached hydrogen (secondary N) is 1. The Hall–Kier alpha value is -3.94. The van der Waals surface area contributed by atoms with Crippen LogP contribution >= 0.6 is 11.3 Å². The first-order valence-electron chi connectivity index (χ1n) is 11.0. The molecule has 0 radical (unpaired) electrons. The standard InChI is InChI=1S/C23H22FN7O4S/c1-30(23-25-10-13(11-26-23)22(33)29-34)12-15-9-18-19(36-15)21(31-4-6-35-7-5-31)28-20(27-18)16-8-14(32)2-3-17(16)24/h2-3,8-11,32,34H,4-7,12H2,1H3,(H,29,33). The minimum absolute atomic E-state index is 0.0712. The Morgan fingerprint density at radius 1 is 1.22 bits per heavy atom. The van der Waals surface area contributed by atoms with Crippen LogP contribution in [0.25, 0.3) is 21.6 Å². The van der Waals surface area contributed by atoms with E-state index in [0.717, 1.165) is 9.58 Å². The zero-order valence-corrected chi connectivity index (χ0v) is 20.0. The summed E-state index contributed by atoms with van der Waals surface area (Å²) in [5, 5.41) is 18.7. The second-order valence-corrected chi connectivity index (χ2v) is 9.27. The van der Waals surface area contributed by atoms with E-state index in [-0.39, 0.29) is 22.7 Å². The second-order valence-electron chi connectivity index (χ2n) is 8.13. The average molecular weight is 512 g/mol. The number of aromatic nitrogens is 4. The van der Waals surface area contributed by atoms with Gasteiger partial charge in [0.15, 0.2) is 11.6 Å². The average Bonchev–Trinajstić information content (AvgIpc) is 3.31. The summed E-state index contributed by atoms with van der Waals surface area (Å²) in [7, 11) is 1.81. The monoisotopic (exact) mass is 511 g/mol. The molecule has 13 heteroatoms. The van der Waals surface area contributed by atoms with Crippen molar-refractivity contribution in [2.75, 3.05) is 43.2 Å². The fourth-order valence-corrected chi connectivity index (χ4v) is 5.01. The van der Waals surface area contributed by atoms with Gasteiger partial charge in [0.05, 0.1) is 41.1 Å². The van der Waals surface area contributed by atoms with Crippen LogP contribution in [0.1, 0.15) is 15.2 Å². The van der Waals surface area contributed by atoms with Gasteiger partial charge in [-0.25, -0.2) is 29.8 Å². The van der Waals surface area contributed by atoms with Gasteiger partial charge in [0.25, 0.3) is 5.91 Å². The number of halogens is 1. The largest absolute Gasteiger partial charge is 0.508 e. The number of hydroxylamine groups is 1. The van der Waals surface area contributed by atoms with Gasteiger partial charge >= 0.3 is 0 Å². The number of phenols is 1. The maximum atomic E-state index is 14.6. The molecular weight excluding hydrogens is 489 g/mol. The van der Waals surface area contributed by atoms with E-state index in [0.29, 0.717) is 50.1 Å². The zero-order chi connectivity index (χ0) is 25.2. The van der Waals surface area contributed by atoms with Crippen LogP contribution in [0, 0.1) is 5.82 Å². The van der Waals surface area contributed by atoms with E-state index in [1.807, 2.05) is 18.0 Å². The number of hydrogen-bond donors (Lipinski definition) is 3. The highest BCUT2D eigenvalue weighted by Crippen LogP contribution is 2.36. The number of carbonyl (C=O) groups is 1. The van der Waals surface area contributed by atoms with Gasteiger partial charge in [-0.1, -0.05) is 0 Å². The van der Waals surface area contributed by atoms with Crippen molar-refractivity contribution in [1.82, 2.24) is 25.4 Å². The molecule has 0 unspecified atom stereocenters. The van der Waals surface area contributed by atoms with Crippen molar-refractivity contribution in [3.63, 3.8) is 0 Å². The fraction of sp³-hybridized carbons (Fsp3) is 0.261. The molecule has 4 heterocycles. The van der Waals surface area contributed by atoms with E-state index in [1.165, 1.54) is 41.9 Å². The lowest BCUT2D eigenvalue weighted by molar-refractivity contribution is 0.0705. The van der Waals surface area contributed by atoms with Crippen molar-refractivity contribution in [1.29, 1.82) is 0 Å². The zero-order valence-electron chi connectivity index (χ0n) is 19.2. The summed E-state index contributed by atoms with van der Waals surface area (Å²) in [4.78, 5) is 34.1. The number of hydrogen-bond acceptors (Lipinski definition) is 11. The van der Waals surface area contributed by atoms with Gasteiger partial charge in [0.1, 0.15) is 11.6 Å². The molecule has 5 rings (SSSR count). The van der Waals surface area contributed by atoms with Gasteiger partial charge in [0.2, 0.25) is 5.95 Å². The number of benzene rings is 1. The Labute approximate surface area is 208 Å². The van der Waals surface area contributed by atoms with Crippen molar-refractivity contribution in [3.05, 3.63) is 52.9 Å². The number of phenolic OH excluding ortho intramolecular Hbond substituents is 1. The fourth-order valence-electron chi connectivity index (χ4n) is 3.84. The summed E-state index contributed by atoms with van der Waals surface area (Å²) in [6.07, 6.45) is 2.65. The molecule has 186 valence electrons. The number of thiophene rings is 1. The summed E-state index contributed by atoms with van der Waals surface area (Å²) in [6.45, 7) is 2.85. The highest BCUT2D eigenvalue weighted by molar-refractivity contribution is 7.19. The van der Waals surface area contributed by atoms with E-state index >= 15 is 0 Å². The molecule has 3 N–H and O–H groups in total. The van der Waals surface area contributed by atoms with Gasteiger partial charge in [-0.05, 0) is 24.3 Å². The molecule has 1 saturated heterocycles. The number of fused-ring (bicyclic) bond motifs is 1. The van der Waals surface area contributed by atoms with Crippen molar-refractivity contribution < 1.29 is 24.2 Å². The third kappa shape index (κ3) is 4.76. The number of rotatable bonds is 6. The lowest BCUT2D eigenvalue weighted by Crippen LogP contribution is -2.36. The van der Waals surface area contributed by atoms with Crippen molar-refractivity contribution in [2.45, 2.75) is 6.54 Å². The van der Waals surface area contributed by atoms with Crippen LogP contribution in [0.5, 0.6) is 5.75 Å². The molecule has 4 aromatic rings. The Kier molecular flexibility index (Phi) is 6.59. The van der Waals surface area contributed by atoms with Crippen LogP contribution in [-0.2, 0) is 11.3 Å². The third-order valence-corrected chi connectivity index (χ3v) is 6.75. The molecular formula is C23H22FN7O4S. The maximum absolute atomic E-state index is 14.6. The van der Waals surface area contributed by atoms with Crippen molar-refractivity contribution in [2.24, 2.45) is 0 Å². The first-order chi connectivity index (χ1) is 17.4. The van der Waals surface area contributed by atoms with Crippen LogP contribution in [0.4, 0.5) is 16.2 Å². The molecule has 0 bridgehead atoms. The Bertz CT molecular complexity index is 1410. The molecule has 1 fully saturated rings. The molecule has 11 nitrogen and oxygen atoms in total. The van der Waals surface area contributed by atoms with Crippen LogP contribution in [0.15, 0.2) is 36.7 Å². The number of ether oxygens (including phenoxy) is 1. The van der Waals surface area contributed by atoms with Crippen LogP contribution < -0.4 is 15.3 Å². The van der Waals surface area contributed by atoms with Crippen LogP contribution in [-0.4, -0.2) is 69.5 Å². The van der Waals surface area contributed by atoms with E-state index in [2.05, 4.69) is 19.9 Å². The minimum Gasteiger partial charge on any atom is -0.508 e. The van der Waals surface area contributed by atoms with E-state index in [4.69, 9.17) is 14.9 Å². The third-order valence-electron chi connectivity index (χ3n) is 5.64. The van der Waals surface area contributed by atoms with Gasteiger partial charge in [-0.2, -0.15) is 0 Å². The van der Waals surface area contributed by atoms with E-state index < -0.39 is 11.7 Å². The molecule has 1 aliphatic heterocycles. The van der Waals surface area contributed by atoms with Gasteiger partial charge in [-0.3, -0.25) is 10.0 Å². The topological polar surface area (TPSA) is 137 Å². The highest BCUT2D eigenvalue weighted by atomic mass is 32.1. The van der Waals surface area contributed by atoms with E-state index in [1.54, 1.807) is 5.48 Å². The number of amides is 1. The van der Waals surface area contributed by atoms with E-state index in [9.17, 15) is 14.3 Å². The molecule has 1 aromatic carbocycles. The molecule has 1 aliphatic rings. The minimum atomic E-state index is -0.693. The second kappa shape index (κ2) is 9.97. The molecule has 0 saturated carbocycles. The predicted octanol–water partition coefficient (Wildman–Crippen LogP) is 2.58. The summed E-state index contributed by atoms with van der Waals surface area (Å²) < 4.78 is 21.0. The predicted molar refractivity (Wildman–Crippen MR) is 131 cm³/mol. The molecule has 3 aromatic heterocycles. The Balaban J connectivity index is 1.50. The molecule has 36 heavy (non-hydrogen) atoms. The normalized spacial score (nSPS) is 13.7. The number of morpholine rings is 1. The number of aromatic hydroxyl groups is 1. The Morgan fingerprint density at radius 2 is 1.97 bits per heavy atom. The number of carbonyl (C=O) groups excluding carboxylic acids is 1. The lowest BCUT2D eigenvalue weighted by atomic mass is 10.2. The van der Waals surface area contributed by atoms with Crippen molar-refractivity contribution in [3.8, 4) is 17.1 Å². The number of nitrogens with zero attached hydrogens (tertiary/aromatic N) is 6. The highest BCUT2D eigenvalue weighted by Gasteiger charge is 2.22. The SMILES string of the molecule is CN(Cc1cc2nc(-c3cc(O)ccc3F)nc(N3CCOCC3)c2s1)c1ncc(C(=O)NO)cn1. The Morgan fingerprint density at radius 3 is 2.69 bits per heavy atom. The van der Waals surface area contributed by atoms with Crippen LogP contribution in [0.2, 0.25) is 0 Å².